The van der Waals surface area contributed by atoms with Gasteiger partial charge < -0.3 is 10.0 Å². The highest BCUT2D eigenvalue weighted by Crippen LogP contribution is 2.35. The number of carbonyl (C=O) groups excluding carboxylic acids is 1. The normalized spacial score (nSPS) is 15.8. The van der Waals surface area contributed by atoms with Crippen LogP contribution in [0.15, 0.2) is 77.4 Å². The second kappa shape index (κ2) is 13.0. The standard InChI is InChI=1S/C35H39N3O3/c1-3-4-5-6-7-8-10-26-14-19-29(20-15-26)37-22-9-11-28-23-27(16-21-32(28)37)24-31-33(35(40)41)36-38(34(31)39)30-17-12-25(2)13-18-30/h12-21,23-24H,3-11,22H2,1-2H3,(H,40,41)/b31-24-. The smallest absolute Gasteiger partial charge is 0.357 e. The van der Waals surface area contributed by atoms with Crippen LogP contribution in [0.25, 0.3) is 6.08 Å². The zero-order valence-corrected chi connectivity index (χ0v) is 24.1. The molecule has 0 bridgehead atoms. The number of carbonyl (C=O) groups is 2. The summed E-state index contributed by atoms with van der Waals surface area (Å²) in [5.41, 5.74) is 7.16. The second-order valence-corrected chi connectivity index (χ2v) is 11.1. The van der Waals surface area contributed by atoms with Gasteiger partial charge >= 0.3 is 5.97 Å². The summed E-state index contributed by atoms with van der Waals surface area (Å²) in [6.45, 7) is 5.16. The molecule has 41 heavy (non-hydrogen) atoms. The number of benzene rings is 3. The van der Waals surface area contributed by atoms with Gasteiger partial charge in [-0.25, -0.2) is 4.79 Å². The van der Waals surface area contributed by atoms with Crippen molar-refractivity contribution < 1.29 is 14.7 Å². The molecule has 3 aromatic rings. The van der Waals surface area contributed by atoms with Crippen LogP contribution in [0.1, 0.15) is 74.1 Å². The Morgan fingerprint density at radius 2 is 1.63 bits per heavy atom. The van der Waals surface area contributed by atoms with Crippen LogP contribution >= 0.6 is 0 Å². The molecule has 2 aliphatic heterocycles. The van der Waals surface area contributed by atoms with Crippen LogP contribution < -0.4 is 9.91 Å². The van der Waals surface area contributed by atoms with Gasteiger partial charge in [-0.1, -0.05) is 74.9 Å². The van der Waals surface area contributed by atoms with Gasteiger partial charge in [-0.05, 0) is 91.8 Å². The van der Waals surface area contributed by atoms with Crippen LogP contribution in [-0.2, 0) is 22.4 Å². The van der Waals surface area contributed by atoms with E-state index in [0.717, 1.165) is 42.6 Å². The van der Waals surface area contributed by atoms with Crippen LogP contribution in [-0.4, -0.2) is 29.2 Å². The third kappa shape index (κ3) is 6.59. The van der Waals surface area contributed by atoms with Crippen LogP contribution in [0.2, 0.25) is 0 Å². The molecule has 0 atom stereocenters. The number of hydrogen-bond donors (Lipinski definition) is 1. The van der Waals surface area contributed by atoms with Gasteiger partial charge in [0.15, 0.2) is 5.71 Å². The zero-order chi connectivity index (χ0) is 28.8. The number of aliphatic carboxylic acids is 1. The lowest BCUT2D eigenvalue weighted by atomic mass is 9.96. The second-order valence-electron chi connectivity index (χ2n) is 11.1. The summed E-state index contributed by atoms with van der Waals surface area (Å²) in [7, 11) is 0. The van der Waals surface area contributed by atoms with E-state index in [2.05, 4.69) is 53.3 Å². The molecule has 0 fully saturated rings. The molecule has 1 amide bonds. The van der Waals surface area contributed by atoms with E-state index < -0.39 is 11.9 Å². The molecular weight excluding hydrogens is 510 g/mol. The molecule has 0 unspecified atom stereocenters. The molecule has 2 aliphatic rings. The van der Waals surface area contributed by atoms with E-state index in [1.807, 2.05) is 25.1 Å². The third-order valence-corrected chi connectivity index (χ3v) is 7.96. The SMILES string of the molecule is CCCCCCCCc1ccc(N2CCCc3cc(/C=C4\C(=O)N(c5ccc(C)cc5)N=C4C(=O)O)ccc32)cc1. The lowest BCUT2D eigenvalue weighted by Crippen LogP contribution is -2.24. The first-order valence-electron chi connectivity index (χ1n) is 14.9. The zero-order valence-electron chi connectivity index (χ0n) is 24.1. The number of carboxylic acids is 1. The number of nitrogens with zero attached hydrogens (tertiary/aromatic N) is 3. The minimum atomic E-state index is -1.22. The molecular formula is C35H39N3O3. The van der Waals surface area contributed by atoms with Gasteiger partial charge in [0.05, 0.1) is 11.3 Å². The van der Waals surface area contributed by atoms with E-state index >= 15 is 0 Å². The van der Waals surface area contributed by atoms with Crippen LogP contribution in [0.3, 0.4) is 0 Å². The number of aryl methyl sites for hydroxylation is 3. The predicted octanol–water partition coefficient (Wildman–Crippen LogP) is 7.85. The maximum Gasteiger partial charge on any atom is 0.357 e. The number of unbranched alkanes of at least 4 members (excludes halogenated alkanes) is 5. The summed E-state index contributed by atoms with van der Waals surface area (Å²) in [6, 6.07) is 22.4. The fraction of sp³-hybridized carbons (Fsp3) is 0.343. The number of hydrazone groups is 1. The number of fused-ring (bicyclic) bond motifs is 1. The van der Waals surface area contributed by atoms with Crippen molar-refractivity contribution in [3.8, 4) is 0 Å². The van der Waals surface area contributed by atoms with Crippen molar-refractivity contribution in [3.05, 3.63) is 94.6 Å². The van der Waals surface area contributed by atoms with Crippen LogP contribution in [0, 0.1) is 6.92 Å². The van der Waals surface area contributed by atoms with Gasteiger partial charge in [0, 0.05) is 17.9 Å². The molecule has 1 N–H and O–H groups in total. The molecule has 0 aliphatic carbocycles. The fourth-order valence-corrected chi connectivity index (χ4v) is 5.66. The Morgan fingerprint density at radius 1 is 0.927 bits per heavy atom. The Bertz CT molecular complexity index is 1450. The largest absolute Gasteiger partial charge is 0.476 e. The van der Waals surface area contributed by atoms with Crippen molar-refractivity contribution in [2.75, 3.05) is 16.5 Å². The molecule has 6 nitrogen and oxygen atoms in total. The van der Waals surface area contributed by atoms with E-state index in [1.165, 1.54) is 60.3 Å². The van der Waals surface area contributed by atoms with Crippen LogP contribution in [0.5, 0.6) is 0 Å². The summed E-state index contributed by atoms with van der Waals surface area (Å²) in [4.78, 5) is 27.6. The van der Waals surface area contributed by atoms with E-state index in [4.69, 9.17) is 0 Å². The number of rotatable bonds is 11. The maximum atomic E-state index is 13.3. The van der Waals surface area contributed by atoms with E-state index in [9.17, 15) is 14.7 Å². The van der Waals surface area contributed by atoms with Crippen molar-refractivity contribution in [3.63, 3.8) is 0 Å². The average Bonchev–Trinajstić information content (AvgIpc) is 3.31. The molecule has 2 heterocycles. The van der Waals surface area contributed by atoms with E-state index in [0.29, 0.717) is 5.69 Å². The van der Waals surface area contributed by atoms with Crippen LogP contribution in [0.4, 0.5) is 17.1 Å². The van der Waals surface area contributed by atoms with Crippen molar-refractivity contribution in [1.29, 1.82) is 0 Å². The highest BCUT2D eigenvalue weighted by Gasteiger charge is 2.35. The monoisotopic (exact) mass is 549 g/mol. The Morgan fingerprint density at radius 3 is 2.37 bits per heavy atom. The summed E-state index contributed by atoms with van der Waals surface area (Å²) in [6.07, 6.45) is 12.6. The average molecular weight is 550 g/mol. The Kier molecular flexibility index (Phi) is 8.98. The highest BCUT2D eigenvalue weighted by molar-refractivity contribution is 6.53. The molecule has 0 saturated heterocycles. The van der Waals surface area contributed by atoms with Gasteiger partial charge in [0.1, 0.15) is 0 Å². The quantitative estimate of drug-likeness (QED) is 0.195. The Balaban J connectivity index is 1.31. The summed E-state index contributed by atoms with van der Waals surface area (Å²) in [5.74, 6) is -1.66. The van der Waals surface area contributed by atoms with Gasteiger partial charge in [-0.2, -0.15) is 10.1 Å². The van der Waals surface area contributed by atoms with Crippen molar-refractivity contribution >= 4 is 40.7 Å². The lowest BCUT2D eigenvalue weighted by molar-refractivity contribution is -0.129. The number of hydrogen-bond acceptors (Lipinski definition) is 4. The fourth-order valence-electron chi connectivity index (χ4n) is 5.66. The van der Waals surface area contributed by atoms with Crippen molar-refractivity contribution in [2.24, 2.45) is 5.10 Å². The first kappa shape index (κ1) is 28.3. The Hall–Kier alpha value is -4.19. The topological polar surface area (TPSA) is 73.2 Å². The molecule has 6 heteroatoms. The van der Waals surface area contributed by atoms with E-state index in [-0.39, 0.29) is 11.3 Å². The summed E-state index contributed by atoms with van der Waals surface area (Å²) < 4.78 is 0. The summed E-state index contributed by atoms with van der Waals surface area (Å²) in [5, 5.41) is 15.1. The van der Waals surface area contributed by atoms with Crippen molar-refractivity contribution in [2.45, 2.75) is 71.6 Å². The third-order valence-electron chi connectivity index (χ3n) is 7.96. The van der Waals surface area contributed by atoms with Gasteiger partial charge in [-0.3, -0.25) is 4.79 Å². The van der Waals surface area contributed by atoms with Gasteiger partial charge in [0.25, 0.3) is 5.91 Å². The Labute approximate surface area is 243 Å². The van der Waals surface area contributed by atoms with Gasteiger partial charge in [-0.15, -0.1) is 0 Å². The minimum Gasteiger partial charge on any atom is -0.476 e. The molecule has 0 aromatic heterocycles. The van der Waals surface area contributed by atoms with Gasteiger partial charge in [0.2, 0.25) is 0 Å². The van der Waals surface area contributed by atoms with E-state index in [1.54, 1.807) is 18.2 Å². The summed E-state index contributed by atoms with van der Waals surface area (Å²) >= 11 is 0. The molecule has 3 aromatic carbocycles. The maximum absolute atomic E-state index is 13.3. The lowest BCUT2D eigenvalue weighted by Gasteiger charge is -2.31. The predicted molar refractivity (Wildman–Crippen MR) is 167 cm³/mol. The molecule has 5 rings (SSSR count). The highest BCUT2D eigenvalue weighted by atomic mass is 16.4. The number of carboxylic acid groups (broad SMARTS) is 1. The minimum absolute atomic E-state index is 0.0895. The number of amides is 1. The molecule has 212 valence electrons. The van der Waals surface area contributed by atoms with Crippen molar-refractivity contribution in [1.82, 2.24) is 0 Å². The molecule has 0 radical (unpaired) electrons. The number of anilines is 3. The molecule has 0 spiro atoms. The first-order valence-corrected chi connectivity index (χ1v) is 14.9. The first-order chi connectivity index (χ1) is 19.9. The molecule has 0 saturated carbocycles.